The van der Waals surface area contributed by atoms with Crippen LogP contribution in [0.2, 0.25) is 5.02 Å². The molecular formula is C23H24ClN7O. The number of rotatable bonds is 7. The molecule has 0 bridgehead atoms. The summed E-state index contributed by atoms with van der Waals surface area (Å²) in [5.74, 6) is 0.876. The van der Waals surface area contributed by atoms with Crippen LogP contribution in [0.15, 0.2) is 54.2 Å². The molecule has 1 aliphatic carbocycles. The lowest BCUT2D eigenvalue weighted by atomic mass is 10.1. The first kappa shape index (κ1) is 19.5. The van der Waals surface area contributed by atoms with E-state index in [1.54, 1.807) is 12.4 Å². The highest BCUT2D eigenvalue weighted by Gasteiger charge is 2.50. The van der Waals surface area contributed by atoms with E-state index in [0.29, 0.717) is 17.6 Å². The zero-order valence-corrected chi connectivity index (χ0v) is 18.3. The molecule has 3 aliphatic rings. The van der Waals surface area contributed by atoms with Gasteiger partial charge in [-0.3, -0.25) is 4.99 Å². The van der Waals surface area contributed by atoms with Gasteiger partial charge in [0.25, 0.3) is 0 Å². The molecule has 164 valence electrons. The van der Waals surface area contributed by atoms with Crippen molar-refractivity contribution in [3.63, 3.8) is 0 Å². The van der Waals surface area contributed by atoms with E-state index in [0.717, 1.165) is 49.2 Å². The van der Waals surface area contributed by atoms with Crippen LogP contribution in [0.4, 0.5) is 4.79 Å². The number of nitrogens with zero attached hydrogens (tertiary/aromatic N) is 7. The van der Waals surface area contributed by atoms with E-state index in [1.165, 1.54) is 0 Å². The van der Waals surface area contributed by atoms with Gasteiger partial charge < -0.3 is 18.9 Å². The van der Waals surface area contributed by atoms with Gasteiger partial charge in [0.15, 0.2) is 0 Å². The maximum atomic E-state index is 13.4. The zero-order chi connectivity index (χ0) is 21.7. The first-order valence-corrected chi connectivity index (χ1v) is 11.5. The van der Waals surface area contributed by atoms with E-state index < -0.39 is 0 Å². The number of carbonyl (C=O) groups excluding carboxylic acids is 1. The molecule has 32 heavy (non-hydrogen) atoms. The van der Waals surface area contributed by atoms with Gasteiger partial charge in [0, 0.05) is 49.0 Å². The average molecular weight is 450 g/mol. The summed E-state index contributed by atoms with van der Waals surface area (Å²) in [7, 11) is 0. The van der Waals surface area contributed by atoms with Crippen molar-refractivity contribution in [3.05, 3.63) is 60.0 Å². The number of aliphatic imine (C=N–C) groups is 1. The van der Waals surface area contributed by atoms with Crippen LogP contribution in [0.25, 0.3) is 11.0 Å². The number of hydrogen-bond acceptors (Lipinski definition) is 4. The summed E-state index contributed by atoms with van der Waals surface area (Å²) in [6.45, 7) is 2.11. The number of amides is 2. The summed E-state index contributed by atoms with van der Waals surface area (Å²) in [5.41, 5.74) is 1.89. The number of halogens is 1. The number of carbonyl (C=O) groups is 1. The lowest BCUT2D eigenvalue weighted by Crippen LogP contribution is -2.39. The fraction of sp³-hybridized carbons (Fsp3) is 0.391. The number of hydrogen-bond donors (Lipinski definition) is 0. The molecule has 1 aromatic carbocycles. The van der Waals surface area contributed by atoms with Crippen molar-refractivity contribution < 1.29 is 4.79 Å². The fourth-order valence-electron chi connectivity index (χ4n) is 4.83. The fourth-order valence-corrected chi connectivity index (χ4v) is 5.00. The number of imidazole rings is 2. The topological polar surface area (TPSA) is 71.5 Å². The van der Waals surface area contributed by atoms with Crippen LogP contribution in [0.1, 0.15) is 25.1 Å². The van der Waals surface area contributed by atoms with Gasteiger partial charge >= 0.3 is 6.03 Å². The van der Waals surface area contributed by atoms with Gasteiger partial charge in [-0.25, -0.2) is 14.8 Å². The van der Waals surface area contributed by atoms with Crippen LogP contribution in [0.3, 0.4) is 0 Å². The van der Waals surface area contributed by atoms with Crippen LogP contribution < -0.4 is 0 Å². The van der Waals surface area contributed by atoms with E-state index in [1.807, 2.05) is 46.7 Å². The van der Waals surface area contributed by atoms with Crippen LogP contribution in [0, 0.1) is 0 Å². The minimum Gasteiger partial charge on any atom is -0.337 e. The maximum absolute atomic E-state index is 13.4. The molecule has 0 spiro atoms. The van der Waals surface area contributed by atoms with Crippen LogP contribution in [0.5, 0.6) is 0 Å². The summed E-state index contributed by atoms with van der Waals surface area (Å²) in [6.07, 6.45) is 14.4. The van der Waals surface area contributed by atoms with E-state index in [4.69, 9.17) is 16.6 Å². The number of aromatic nitrogens is 4. The van der Waals surface area contributed by atoms with Crippen molar-refractivity contribution in [1.29, 1.82) is 0 Å². The minimum atomic E-state index is -0.0594. The average Bonchev–Trinajstić information content (AvgIpc) is 3.26. The molecular weight excluding hydrogens is 426 g/mol. The Hall–Kier alpha value is -3.13. The van der Waals surface area contributed by atoms with Crippen LogP contribution in [-0.2, 0) is 19.6 Å². The van der Waals surface area contributed by atoms with Crippen molar-refractivity contribution in [2.24, 2.45) is 4.99 Å². The van der Waals surface area contributed by atoms with Gasteiger partial charge in [-0.2, -0.15) is 0 Å². The monoisotopic (exact) mass is 449 g/mol. The van der Waals surface area contributed by atoms with Crippen molar-refractivity contribution in [1.82, 2.24) is 28.9 Å². The summed E-state index contributed by atoms with van der Waals surface area (Å²) in [5, 5.41) is 0.661. The molecule has 2 fully saturated rings. The first-order chi connectivity index (χ1) is 15.7. The van der Waals surface area contributed by atoms with E-state index in [-0.39, 0.29) is 18.1 Å². The Morgan fingerprint density at radius 3 is 2.88 bits per heavy atom. The standard InChI is InChI=1S/C23H24ClN7O/c24-16-2-5-19-18(12-16)27-22(29(19)10-1-9-28-11-8-26-15-28)14-30-21-13-25-7-6-20(21)31(23(30)32)17-3-4-17/h2,5-8,11-13,15,17,20-21H,1,3-4,9-10,14H2. The Morgan fingerprint density at radius 1 is 1.16 bits per heavy atom. The Kier molecular flexibility index (Phi) is 4.75. The minimum absolute atomic E-state index is 0.0565. The molecule has 4 heterocycles. The second kappa shape index (κ2) is 7.78. The molecule has 3 aromatic rings. The van der Waals surface area contributed by atoms with E-state index in [2.05, 4.69) is 25.2 Å². The highest BCUT2D eigenvalue weighted by Crippen LogP contribution is 2.37. The normalized spacial score (nSPS) is 22.3. The van der Waals surface area contributed by atoms with Crippen molar-refractivity contribution in [2.75, 3.05) is 0 Å². The highest BCUT2D eigenvalue weighted by molar-refractivity contribution is 6.31. The molecule has 2 atom stereocenters. The summed E-state index contributed by atoms with van der Waals surface area (Å²) in [6, 6.07) is 6.23. The molecule has 0 N–H and O–H groups in total. The number of benzene rings is 1. The Labute approximate surface area is 190 Å². The molecule has 1 saturated carbocycles. The molecule has 2 unspecified atom stereocenters. The molecule has 0 radical (unpaired) electrons. The molecule has 1 saturated heterocycles. The van der Waals surface area contributed by atoms with Gasteiger partial charge in [0.1, 0.15) is 5.82 Å². The van der Waals surface area contributed by atoms with Gasteiger partial charge in [-0.15, -0.1) is 0 Å². The molecule has 9 heteroatoms. The number of fused-ring (bicyclic) bond motifs is 2. The zero-order valence-electron chi connectivity index (χ0n) is 17.6. The third kappa shape index (κ3) is 3.39. The van der Waals surface area contributed by atoms with Crippen LogP contribution >= 0.6 is 11.6 Å². The van der Waals surface area contributed by atoms with Gasteiger partial charge in [-0.05, 0) is 43.5 Å². The van der Waals surface area contributed by atoms with Gasteiger partial charge in [0.05, 0.1) is 36.0 Å². The first-order valence-electron chi connectivity index (χ1n) is 11.1. The second-order valence-corrected chi connectivity index (χ2v) is 9.07. The SMILES string of the molecule is O=C1N(Cc2nc3cc(Cl)ccc3n2CCCn2ccnc2)C2C=NC=CC2N1C1CC1. The van der Waals surface area contributed by atoms with Crippen LogP contribution in [-0.4, -0.2) is 59.3 Å². The largest absolute Gasteiger partial charge is 0.337 e. The lowest BCUT2D eigenvalue weighted by molar-refractivity contribution is 0.183. The molecule has 2 aliphatic heterocycles. The van der Waals surface area contributed by atoms with E-state index in [9.17, 15) is 4.79 Å². The number of urea groups is 1. The predicted octanol–water partition coefficient (Wildman–Crippen LogP) is 3.71. The lowest BCUT2D eigenvalue weighted by Gasteiger charge is -2.24. The molecule has 2 aromatic heterocycles. The van der Waals surface area contributed by atoms with Crippen molar-refractivity contribution in [2.45, 2.75) is 57.0 Å². The van der Waals surface area contributed by atoms with Gasteiger partial charge in [-0.1, -0.05) is 11.6 Å². The molecule has 6 rings (SSSR count). The predicted molar refractivity (Wildman–Crippen MR) is 123 cm³/mol. The Bertz CT molecular complexity index is 1210. The van der Waals surface area contributed by atoms with E-state index >= 15 is 0 Å². The Morgan fingerprint density at radius 2 is 2.06 bits per heavy atom. The summed E-state index contributed by atoms with van der Waals surface area (Å²) >= 11 is 6.24. The van der Waals surface area contributed by atoms with Gasteiger partial charge in [0.2, 0.25) is 0 Å². The third-order valence-electron chi connectivity index (χ3n) is 6.50. The summed E-state index contributed by atoms with van der Waals surface area (Å²) in [4.78, 5) is 30.7. The maximum Gasteiger partial charge on any atom is 0.321 e. The third-order valence-corrected chi connectivity index (χ3v) is 6.74. The quantitative estimate of drug-likeness (QED) is 0.552. The van der Waals surface area contributed by atoms with Crippen molar-refractivity contribution in [3.8, 4) is 0 Å². The molecule has 8 nitrogen and oxygen atoms in total. The second-order valence-electron chi connectivity index (χ2n) is 8.64. The smallest absolute Gasteiger partial charge is 0.321 e. The van der Waals surface area contributed by atoms with Crippen molar-refractivity contribution >= 4 is 34.9 Å². The Balaban J connectivity index is 1.31. The molecule has 2 amide bonds. The number of aryl methyl sites for hydroxylation is 2. The highest BCUT2D eigenvalue weighted by atomic mass is 35.5. The summed E-state index contributed by atoms with van der Waals surface area (Å²) < 4.78 is 4.29.